The Balaban J connectivity index is 2.16. The Morgan fingerprint density at radius 3 is 1.74 bits per heavy atom. The molecule has 2 aromatic carbocycles. The standard InChI is InChI=1S/C22H20N2O3/c1-16-13-17(2)24-21(23-16)27-20(14-25)22(15-26,18-9-5-3-6-10-18)19-11-7-4-8-12-19/h3-15,20H,1-2H3/t20-/m1/s1. The predicted molar refractivity (Wildman–Crippen MR) is 102 cm³/mol. The van der Waals surface area contributed by atoms with Gasteiger partial charge in [0.25, 0.3) is 0 Å². The molecule has 0 saturated heterocycles. The third kappa shape index (κ3) is 3.62. The summed E-state index contributed by atoms with van der Waals surface area (Å²) in [7, 11) is 0. The fraction of sp³-hybridized carbons (Fsp3) is 0.182. The summed E-state index contributed by atoms with van der Waals surface area (Å²) >= 11 is 0. The number of aryl methyl sites for hydroxylation is 2. The van der Waals surface area contributed by atoms with Crippen LogP contribution in [0.1, 0.15) is 22.5 Å². The molecular formula is C22H20N2O3. The third-order valence-corrected chi connectivity index (χ3v) is 4.46. The van der Waals surface area contributed by atoms with Crippen LogP contribution in [0.5, 0.6) is 6.01 Å². The molecule has 0 amide bonds. The predicted octanol–water partition coefficient (Wildman–Crippen LogP) is 3.22. The zero-order valence-electron chi connectivity index (χ0n) is 15.2. The van der Waals surface area contributed by atoms with Gasteiger partial charge in [-0.2, -0.15) is 0 Å². The molecule has 0 saturated carbocycles. The van der Waals surface area contributed by atoms with E-state index in [9.17, 15) is 9.59 Å². The highest BCUT2D eigenvalue weighted by atomic mass is 16.5. The van der Waals surface area contributed by atoms with Crippen LogP contribution in [0.25, 0.3) is 0 Å². The van der Waals surface area contributed by atoms with Gasteiger partial charge in [0.15, 0.2) is 12.4 Å². The number of hydrogen-bond donors (Lipinski definition) is 0. The van der Waals surface area contributed by atoms with Gasteiger partial charge in [-0.1, -0.05) is 60.7 Å². The number of ether oxygens (including phenoxy) is 1. The lowest BCUT2D eigenvalue weighted by Gasteiger charge is -2.33. The van der Waals surface area contributed by atoms with E-state index in [-0.39, 0.29) is 6.01 Å². The number of aldehydes is 2. The molecule has 136 valence electrons. The number of carbonyl (C=O) groups is 2. The Hall–Kier alpha value is -3.34. The monoisotopic (exact) mass is 360 g/mol. The van der Waals surface area contributed by atoms with Gasteiger partial charge in [0.05, 0.1) is 0 Å². The van der Waals surface area contributed by atoms with E-state index in [2.05, 4.69) is 9.97 Å². The second-order valence-corrected chi connectivity index (χ2v) is 6.33. The summed E-state index contributed by atoms with van der Waals surface area (Å²) in [5, 5.41) is 0. The fourth-order valence-electron chi connectivity index (χ4n) is 3.21. The first-order chi connectivity index (χ1) is 13.1. The van der Waals surface area contributed by atoms with E-state index in [1.165, 1.54) is 0 Å². The molecule has 1 heterocycles. The molecule has 0 bridgehead atoms. The molecule has 27 heavy (non-hydrogen) atoms. The Morgan fingerprint density at radius 2 is 1.33 bits per heavy atom. The quantitative estimate of drug-likeness (QED) is 0.605. The second-order valence-electron chi connectivity index (χ2n) is 6.33. The summed E-state index contributed by atoms with van der Waals surface area (Å²) < 4.78 is 5.87. The number of aromatic nitrogens is 2. The van der Waals surface area contributed by atoms with Crippen molar-refractivity contribution in [2.24, 2.45) is 0 Å². The number of hydrogen-bond acceptors (Lipinski definition) is 5. The first-order valence-electron chi connectivity index (χ1n) is 8.62. The van der Waals surface area contributed by atoms with E-state index >= 15 is 0 Å². The first kappa shape index (κ1) is 18.5. The van der Waals surface area contributed by atoms with Gasteiger partial charge in [0.2, 0.25) is 0 Å². The van der Waals surface area contributed by atoms with Gasteiger partial charge in [-0.3, -0.25) is 4.79 Å². The van der Waals surface area contributed by atoms with Gasteiger partial charge in [0.1, 0.15) is 11.7 Å². The summed E-state index contributed by atoms with van der Waals surface area (Å²) in [6.45, 7) is 3.64. The molecule has 5 heteroatoms. The van der Waals surface area contributed by atoms with Crippen molar-refractivity contribution in [2.45, 2.75) is 25.4 Å². The lowest BCUT2D eigenvalue weighted by atomic mass is 9.71. The van der Waals surface area contributed by atoms with Crippen molar-refractivity contribution in [3.63, 3.8) is 0 Å². The molecule has 0 aliphatic heterocycles. The summed E-state index contributed by atoms with van der Waals surface area (Å²) in [5.74, 6) is 0. The van der Waals surface area contributed by atoms with Crippen LogP contribution in [-0.2, 0) is 15.0 Å². The van der Waals surface area contributed by atoms with Crippen molar-refractivity contribution < 1.29 is 14.3 Å². The maximum Gasteiger partial charge on any atom is 0.317 e. The van der Waals surface area contributed by atoms with Gasteiger partial charge < -0.3 is 9.53 Å². The maximum absolute atomic E-state index is 12.5. The Morgan fingerprint density at radius 1 is 0.852 bits per heavy atom. The van der Waals surface area contributed by atoms with Crippen LogP contribution in [0.2, 0.25) is 0 Å². The van der Waals surface area contributed by atoms with Gasteiger partial charge >= 0.3 is 6.01 Å². The largest absolute Gasteiger partial charge is 0.451 e. The number of carbonyl (C=O) groups excluding carboxylic acids is 2. The Bertz CT molecular complexity index is 867. The average molecular weight is 360 g/mol. The molecule has 0 aliphatic rings. The van der Waals surface area contributed by atoms with Crippen molar-refractivity contribution in [3.8, 4) is 6.01 Å². The van der Waals surface area contributed by atoms with Crippen molar-refractivity contribution in [1.29, 1.82) is 0 Å². The van der Waals surface area contributed by atoms with Crippen molar-refractivity contribution >= 4 is 12.6 Å². The fourth-order valence-corrected chi connectivity index (χ4v) is 3.21. The molecule has 1 atom stereocenters. The molecule has 0 N–H and O–H groups in total. The zero-order chi connectivity index (χ0) is 19.3. The first-order valence-corrected chi connectivity index (χ1v) is 8.62. The van der Waals surface area contributed by atoms with Gasteiger partial charge in [-0.25, -0.2) is 9.97 Å². The number of nitrogens with zero attached hydrogens (tertiary/aromatic N) is 2. The van der Waals surface area contributed by atoms with E-state index in [1.54, 1.807) is 0 Å². The molecule has 0 fully saturated rings. The van der Waals surface area contributed by atoms with E-state index < -0.39 is 11.5 Å². The molecule has 0 spiro atoms. The summed E-state index contributed by atoms with van der Waals surface area (Å²) in [6, 6.07) is 20.1. The van der Waals surface area contributed by atoms with Crippen LogP contribution in [0.3, 0.4) is 0 Å². The van der Waals surface area contributed by atoms with E-state index in [0.29, 0.717) is 17.4 Å². The van der Waals surface area contributed by atoms with Crippen molar-refractivity contribution in [2.75, 3.05) is 0 Å². The Kier molecular flexibility index (Phi) is 5.41. The summed E-state index contributed by atoms with van der Waals surface area (Å²) in [5.41, 5.74) is 1.45. The molecule has 1 aromatic heterocycles. The smallest absolute Gasteiger partial charge is 0.317 e. The highest BCUT2D eigenvalue weighted by Gasteiger charge is 2.44. The van der Waals surface area contributed by atoms with Crippen LogP contribution < -0.4 is 4.74 Å². The minimum absolute atomic E-state index is 0.0719. The molecule has 0 unspecified atom stereocenters. The normalized spacial score (nSPS) is 12.2. The van der Waals surface area contributed by atoms with Crippen LogP contribution in [0.4, 0.5) is 0 Å². The molecule has 3 aromatic rings. The van der Waals surface area contributed by atoms with E-state index in [1.807, 2.05) is 80.6 Å². The van der Waals surface area contributed by atoms with E-state index in [4.69, 9.17) is 4.74 Å². The SMILES string of the molecule is Cc1cc(C)nc(O[C@H](C=O)C(C=O)(c2ccccc2)c2ccccc2)n1. The molecule has 0 radical (unpaired) electrons. The molecule has 5 nitrogen and oxygen atoms in total. The maximum atomic E-state index is 12.5. The minimum Gasteiger partial charge on any atom is -0.451 e. The third-order valence-electron chi connectivity index (χ3n) is 4.46. The molecule has 3 rings (SSSR count). The number of benzene rings is 2. The average Bonchev–Trinajstić information content (AvgIpc) is 2.69. The highest BCUT2D eigenvalue weighted by molar-refractivity contribution is 5.83. The minimum atomic E-state index is -1.31. The van der Waals surface area contributed by atoms with Crippen LogP contribution in [-0.4, -0.2) is 28.6 Å². The molecular weight excluding hydrogens is 340 g/mol. The highest BCUT2D eigenvalue weighted by Crippen LogP contribution is 2.35. The van der Waals surface area contributed by atoms with E-state index in [0.717, 1.165) is 17.7 Å². The second kappa shape index (κ2) is 7.91. The van der Waals surface area contributed by atoms with Gasteiger partial charge in [-0.15, -0.1) is 0 Å². The van der Waals surface area contributed by atoms with Crippen LogP contribution >= 0.6 is 0 Å². The van der Waals surface area contributed by atoms with Crippen LogP contribution in [0.15, 0.2) is 66.7 Å². The molecule has 0 aliphatic carbocycles. The zero-order valence-corrected chi connectivity index (χ0v) is 15.2. The lowest BCUT2D eigenvalue weighted by Crippen LogP contribution is -2.47. The summed E-state index contributed by atoms with van der Waals surface area (Å²) in [4.78, 5) is 33.1. The summed E-state index contributed by atoms with van der Waals surface area (Å²) in [6.07, 6.45) is 0.274. The van der Waals surface area contributed by atoms with Gasteiger partial charge in [-0.05, 0) is 31.0 Å². The van der Waals surface area contributed by atoms with Crippen LogP contribution in [0, 0.1) is 13.8 Å². The number of rotatable bonds is 7. The van der Waals surface area contributed by atoms with Crippen molar-refractivity contribution in [3.05, 3.63) is 89.2 Å². The lowest BCUT2D eigenvalue weighted by molar-refractivity contribution is -0.123. The van der Waals surface area contributed by atoms with Gasteiger partial charge in [0, 0.05) is 11.4 Å². The Labute approximate surface area is 158 Å². The topological polar surface area (TPSA) is 69.2 Å². The van der Waals surface area contributed by atoms with Crippen molar-refractivity contribution in [1.82, 2.24) is 9.97 Å².